The summed E-state index contributed by atoms with van der Waals surface area (Å²) in [5.74, 6) is 3.55. The van der Waals surface area contributed by atoms with Gasteiger partial charge in [-0.3, -0.25) is 4.90 Å². The third-order valence-electron chi connectivity index (χ3n) is 10.3. The highest BCUT2D eigenvalue weighted by Crippen LogP contribution is 2.60. The monoisotopic (exact) mass is 449 g/mol. The molecule has 3 aliphatic carbocycles. The van der Waals surface area contributed by atoms with E-state index in [9.17, 15) is 10.2 Å². The van der Waals surface area contributed by atoms with E-state index < -0.39 is 12.5 Å². The number of rotatable bonds is 5. The molecule has 5 nitrogen and oxygen atoms in total. The third-order valence-corrected chi connectivity index (χ3v) is 10.3. The highest BCUT2D eigenvalue weighted by molar-refractivity contribution is 5.06. The minimum absolute atomic E-state index is 0.0340. The van der Waals surface area contributed by atoms with Crippen molar-refractivity contribution >= 4 is 0 Å². The second-order valence-corrected chi connectivity index (χ2v) is 12.8. The van der Waals surface area contributed by atoms with E-state index in [1.54, 1.807) is 0 Å². The zero-order valence-corrected chi connectivity index (χ0v) is 20.8. The fourth-order valence-corrected chi connectivity index (χ4v) is 8.55. The van der Waals surface area contributed by atoms with Crippen LogP contribution < -0.4 is 0 Å². The molecule has 0 amide bonds. The van der Waals surface area contributed by atoms with E-state index in [0.717, 1.165) is 19.8 Å². The summed E-state index contributed by atoms with van der Waals surface area (Å²) in [4.78, 5) is 2.04. The Hall–Kier alpha value is -0.200. The average Bonchev–Trinajstić information content (AvgIpc) is 3.40. The predicted molar refractivity (Wildman–Crippen MR) is 124 cm³/mol. The van der Waals surface area contributed by atoms with Crippen LogP contribution in [-0.2, 0) is 9.47 Å². The Bertz CT molecular complexity index is 620. The molecule has 3 saturated carbocycles. The molecule has 184 valence electrons. The van der Waals surface area contributed by atoms with Gasteiger partial charge in [0.2, 0.25) is 0 Å². The number of ether oxygens (including phenoxy) is 2. The number of hydrogen-bond donors (Lipinski definition) is 2. The topological polar surface area (TPSA) is 62.2 Å². The third kappa shape index (κ3) is 3.98. The molecule has 2 saturated heterocycles. The molecule has 2 N–H and O–H groups in total. The number of fused-ring (bicyclic) bond motifs is 3. The summed E-state index contributed by atoms with van der Waals surface area (Å²) in [7, 11) is 0. The number of aliphatic hydroxyl groups excluding tert-OH is 2. The van der Waals surface area contributed by atoms with E-state index in [-0.39, 0.29) is 23.5 Å². The van der Waals surface area contributed by atoms with Gasteiger partial charge in [-0.1, -0.05) is 47.0 Å². The second kappa shape index (κ2) is 9.11. The molecule has 2 bridgehead atoms. The molecule has 2 aliphatic heterocycles. The van der Waals surface area contributed by atoms with Crippen molar-refractivity contribution in [3.05, 3.63) is 0 Å². The summed E-state index contributed by atoms with van der Waals surface area (Å²) in [6, 6.07) is 0. The van der Waals surface area contributed by atoms with E-state index in [1.807, 2.05) is 4.90 Å². The summed E-state index contributed by atoms with van der Waals surface area (Å²) in [5.41, 5.74) is 0.218. The van der Waals surface area contributed by atoms with Crippen LogP contribution in [0.1, 0.15) is 79.1 Å². The first-order valence-electron chi connectivity index (χ1n) is 13.7. The van der Waals surface area contributed by atoms with Crippen LogP contribution in [0.5, 0.6) is 0 Å². The molecule has 32 heavy (non-hydrogen) atoms. The van der Waals surface area contributed by atoms with Gasteiger partial charge in [0.1, 0.15) is 12.5 Å². The van der Waals surface area contributed by atoms with Gasteiger partial charge in [0, 0.05) is 29.7 Å². The normalized spacial score (nSPS) is 48.0. The minimum atomic E-state index is -0.525. The highest BCUT2D eigenvalue weighted by atomic mass is 16.7. The van der Waals surface area contributed by atoms with Crippen molar-refractivity contribution in [1.29, 1.82) is 0 Å². The van der Waals surface area contributed by atoms with Gasteiger partial charge in [0.25, 0.3) is 0 Å². The van der Waals surface area contributed by atoms with Crippen molar-refractivity contribution in [2.45, 2.75) is 97.8 Å². The van der Waals surface area contributed by atoms with Crippen LogP contribution in [0.25, 0.3) is 0 Å². The van der Waals surface area contributed by atoms with Crippen LogP contribution in [0.15, 0.2) is 0 Å². The van der Waals surface area contributed by atoms with Crippen molar-refractivity contribution in [3.8, 4) is 0 Å². The molecule has 5 aliphatic rings. The summed E-state index contributed by atoms with van der Waals surface area (Å²) in [6.07, 6.45) is 9.20. The Balaban J connectivity index is 1.18. The quantitative estimate of drug-likeness (QED) is 0.648. The van der Waals surface area contributed by atoms with Crippen molar-refractivity contribution in [1.82, 2.24) is 4.90 Å². The first kappa shape index (κ1) is 23.5. The molecule has 2 heterocycles. The maximum atomic E-state index is 11.2. The number of hydrogen-bond acceptors (Lipinski definition) is 5. The predicted octanol–water partition coefficient (Wildman–Crippen LogP) is 4.47. The molecule has 5 fully saturated rings. The molecular weight excluding hydrogens is 402 g/mol. The Kier molecular flexibility index (Phi) is 6.70. The lowest BCUT2D eigenvalue weighted by Crippen LogP contribution is -2.49. The standard InChI is InChI=1S/C27H47NO4/c1-16(2)22-23(17(3)4)25(30)28(24(22)29)13-20-11-21-10-19(20)12-27(21)14-31-26(32-15-27)18-8-6-5-7-9-18/h16-26,29-30H,5-15H2,1-4H3. The van der Waals surface area contributed by atoms with Crippen LogP contribution in [0.4, 0.5) is 0 Å². The lowest BCUT2D eigenvalue weighted by molar-refractivity contribution is -0.263. The largest absolute Gasteiger partial charge is 0.378 e. The Morgan fingerprint density at radius 2 is 1.44 bits per heavy atom. The van der Waals surface area contributed by atoms with Gasteiger partial charge in [-0.05, 0) is 61.7 Å². The number of likely N-dealkylation sites (tertiary alicyclic amines) is 1. The zero-order valence-electron chi connectivity index (χ0n) is 20.8. The molecule has 5 heteroatoms. The summed E-state index contributed by atoms with van der Waals surface area (Å²) in [5, 5.41) is 22.3. The van der Waals surface area contributed by atoms with E-state index in [0.29, 0.717) is 35.5 Å². The van der Waals surface area contributed by atoms with Crippen molar-refractivity contribution < 1.29 is 19.7 Å². The van der Waals surface area contributed by atoms with E-state index >= 15 is 0 Å². The molecular formula is C27H47NO4. The molecule has 0 aromatic heterocycles. The van der Waals surface area contributed by atoms with Gasteiger partial charge in [0.15, 0.2) is 6.29 Å². The SMILES string of the molecule is CC(C)C1C(C(C)C)C(O)N(CC2CC3CC2CC32COC(C3CCCCC3)OC2)C1O. The van der Waals surface area contributed by atoms with Crippen molar-refractivity contribution in [2.24, 2.45) is 52.8 Å². The van der Waals surface area contributed by atoms with Gasteiger partial charge < -0.3 is 19.7 Å². The zero-order chi connectivity index (χ0) is 22.6. The average molecular weight is 450 g/mol. The molecule has 5 rings (SSSR count). The maximum absolute atomic E-state index is 11.2. The first-order valence-corrected chi connectivity index (χ1v) is 13.7. The van der Waals surface area contributed by atoms with Crippen LogP contribution >= 0.6 is 0 Å². The van der Waals surface area contributed by atoms with Crippen LogP contribution in [0, 0.1) is 52.8 Å². The number of aliphatic hydroxyl groups is 2. The fraction of sp³-hybridized carbons (Fsp3) is 1.00. The lowest BCUT2D eigenvalue weighted by Gasteiger charge is -2.46. The Labute approximate surface area is 195 Å². The van der Waals surface area contributed by atoms with Crippen LogP contribution in [0.3, 0.4) is 0 Å². The maximum Gasteiger partial charge on any atom is 0.160 e. The molecule has 1 spiro atoms. The van der Waals surface area contributed by atoms with Crippen molar-refractivity contribution in [2.75, 3.05) is 19.8 Å². The van der Waals surface area contributed by atoms with Gasteiger partial charge in [-0.25, -0.2) is 0 Å². The number of nitrogens with zero attached hydrogens (tertiary/aromatic N) is 1. The van der Waals surface area contributed by atoms with Gasteiger partial charge >= 0.3 is 0 Å². The molecule has 7 unspecified atom stereocenters. The van der Waals surface area contributed by atoms with Crippen LogP contribution in [-0.4, -0.2) is 53.6 Å². The molecule has 0 radical (unpaired) electrons. The molecule has 0 aromatic carbocycles. The molecule has 0 aromatic rings. The van der Waals surface area contributed by atoms with E-state index in [4.69, 9.17) is 9.47 Å². The summed E-state index contributed by atoms with van der Waals surface area (Å²) < 4.78 is 12.8. The van der Waals surface area contributed by atoms with E-state index in [1.165, 1.54) is 51.4 Å². The second-order valence-electron chi connectivity index (χ2n) is 12.8. The summed E-state index contributed by atoms with van der Waals surface area (Å²) >= 11 is 0. The van der Waals surface area contributed by atoms with E-state index in [2.05, 4.69) is 27.7 Å². The van der Waals surface area contributed by atoms with Crippen molar-refractivity contribution in [3.63, 3.8) is 0 Å². The lowest BCUT2D eigenvalue weighted by atomic mass is 9.70. The van der Waals surface area contributed by atoms with Gasteiger partial charge in [-0.15, -0.1) is 0 Å². The highest BCUT2D eigenvalue weighted by Gasteiger charge is 2.58. The fourth-order valence-electron chi connectivity index (χ4n) is 8.55. The Morgan fingerprint density at radius 1 is 0.844 bits per heavy atom. The Morgan fingerprint density at radius 3 is 1.94 bits per heavy atom. The minimum Gasteiger partial charge on any atom is -0.378 e. The van der Waals surface area contributed by atoms with Crippen LogP contribution in [0.2, 0.25) is 0 Å². The first-order chi connectivity index (χ1) is 15.3. The summed E-state index contributed by atoms with van der Waals surface area (Å²) in [6.45, 7) is 11.3. The molecule has 7 atom stereocenters. The van der Waals surface area contributed by atoms with Gasteiger partial charge in [-0.2, -0.15) is 0 Å². The smallest absolute Gasteiger partial charge is 0.160 e. The van der Waals surface area contributed by atoms with Gasteiger partial charge in [0.05, 0.1) is 13.2 Å².